The van der Waals surface area contributed by atoms with Gasteiger partial charge in [-0.05, 0) is 12.8 Å². The van der Waals surface area contributed by atoms with Crippen LogP contribution < -0.4 is 0 Å². The van der Waals surface area contributed by atoms with Crippen molar-refractivity contribution < 1.29 is 0 Å². The van der Waals surface area contributed by atoms with Crippen LogP contribution in [0.5, 0.6) is 0 Å². The van der Waals surface area contributed by atoms with Gasteiger partial charge in [-0.2, -0.15) is 0 Å². The summed E-state index contributed by atoms with van der Waals surface area (Å²) in [5.41, 5.74) is 0. The maximum absolute atomic E-state index is 2.63. The first-order valence-corrected chi connectivity index (χ1v) is 5.47. The summed E-state index contributed by atoms with van der Waals surface area (Å²) in [6.45, 7) is 2.40. The molecule has 0 amide bonds. The Morgan fingerprint density at radius 1 is 0.900 bits per heavy atom. The number of rotatable bonds is 0. The number of halogens is 1. The van der Waals surface area contributed by atoms with Gasteiger partial charge in [0.2, 0.25) is 0 Å². The Kier molecular flexibility index (Phi) is 3.47. The van der Waals surface area contributed by atoms with E-state index in [1.807, 2.05) is 0 Å². The van der Waals surface area contributed by atoms with E-state index >= 15 is 0 Å². The van der Waals surface area contributed by atoms with E-state index in [0.29, 0.717) is 3.42 Å². The van der Waals surface area contributed by atoms with Gasteiger partial charge in [0.25, 0.3) is 0 Å². The van der Waals surface area contributed by atoms with Crippen LogP contribution in [-0.4, -0.2) is 3.42 Å². The lowest BCUT2D eigenvalue weighted by molar-refractivity contribution is 0.452. The quantitative estimate of drug-likeness (QED) is 0.452. The molecule has 1 saturated carbocycles. The Morgan fingerprint density at radius 2 is 1.30 bits per heavy atom. The van der Waals surface area contributed by atoms with Crippen molar-refractivity contribution in [1.82, 2.24) is 0 Å². The van der Waals surface area contributed by atoms with Crippen LogP contribution in [0.25, 0.3) is 0 Å². The average molecular weight is 252 g/mol. The van der Waals surface area contributed by atoms with Crippen LogP contribution in [0.2, 0.25) is 0 Å². The van der Waals surface area contributed by atoms with Crippen molar-refractivity contribution in [3.63, 3.8) is 0 Å². The van der Waals surface area contributed by atoms with Crippen LogP contribution in [0.15, 0.2) is 0 Å². The predicted octanol–water partition coefficient (Wildman–Crippen LogP) is 3.92. The summed E-state index contributed by atoms with van der Waals surface area (Å²) in [6, 6.07) is 0. The van der Waals surface area contributed by atoms with E-state index in [4.69, 9.17) is 0 Å². The molecule has 1 aliphatic carbocycles. The van der Waals surface area contributed by atoms with Crippen molar-refractivity contribution in [2.75, 3.05) is 0 Å². The second-order valence-electron chi connectivity index (χ2n) is 3.68. The van der Waals surface area contributed by atoms with Gasteiger partial charge in [-0.3, -0.25) is 0 Å². The molecule has 0 aromatic heterocycles. The molecule has 0 radical (unpaired) electrons. The topological polar surface area (TPSA) is 0 Å². The third kappa shape index (κ3) is 3.22. The second kappa shape index (κ2) is 3.93. The summed E-state index contributed by atoms with van der Waals surface area (Å²) in [6.07, 6.45) is 10.2. The maximum atomic E-state index is 2.63. The largest absolute Gasteiger partial charge is 0.0792 e. The maximum Gasteiger partial charge on any atom is 0.0194 e. The van der Waals surface area contributed by atoms with Crippen molar-refractivity contribution in [1.29, 1.82) is 0 Å². The first kappa shape index (κ1) is 8.82. The molecule has 0 heterocycles. The number of hydrogen-bond donors (Lipinski definition) is 0. The summed E-state index contributed by atoms with van der Waals surface area (Å²) in [5.74, 6) is 0. The van der Waals surface area contributed by atoms with Crippen LogP contribution in [0.3, 0.4) is 0 Å². The summed E-state index contributed by atoms with van der Waals surface area (Å²) in [4.78, 5) is 0. The highest BCUT2D eigenvalue weighted by Gasteiger charge is 2.19. The molecule has 1 rings (SSSR count). The fourth-order valence-corrected chi connectivity index (χ4v) is 2.41. The summed E-state index contributed by atoms with van der Waals surface area (Å²) < 4.78 is 0.623. The van der Waals surface area contributed by atoms with Gasteiger partial charge in [0.05, 0.1) is 0 Å². The van der Waals surface area contributed by atoms with Crippen molar-refractivity contribution in [3.8, 4) is 0 Å². The fourth-order valence-electron chi connectivity index (χ4n) is 1.64. The van der Waals surface area contributed by atoms with Gasteiger partial charge in [-0.25, -0.2) is 0 Å². The van der Waals surface area contributed by atoms with Crippen molar-refractivity contribution in [2.24, 2.45) is 0 Å². The molecule has 1 heteroatoms. The molecule has 0 aliphatic heterocycles. The van der Waals surface area contributed by atoms with Gasteiger partial charge in [-0.15, -0.1) is 0 Å². The van der Waals surface area contributed by atoms with Gasteiger partial charge >= 0.3 is 0 Å². The highest BCUT2D eigenvalue weighted by atomic mass is 127. The third-order valence-electron chi connectivity index (χ3n) is 2.40. The second-order valence-corrected chi connectivity index (χ2v) is 6.29. The van der Waals surface area contributed by atoms with E-state index in [-0.39, 0.29) is 0 Å². The third-order valence-corrected chi connectivity index (χ3v) is 3.47. The van der Waals surface area contributed by atoms with E-state index in [1.165, 1.54) is 44.9 Å². The molecule has 60 valence electrons. The molecule has 0 atom stereocenters. The van der Waals surface area contributed by atoms with Crippen LogP contribution in [0.1, 0.15) is 51.9 Å². The first-order chi connectivity index (χ1) is 4.71. The summed E-state index contributed by atoms with van der Waals surface area (Å²) in [5, 5.41) is 0. The molecule has 0 nitrogen and oxygen atoms in total. The minimum Gasteiger partial charge on any atom is -0.0792 e. The zero-order valence-corrected chi connectivity index (χ0v) is 8.99. The van der Waals surface area contributed by atoms with Gasteiger partial charge in [0, 0.05) is 3.42 Å². The van der Waals surface area contributed by atoms with Crippen LogP contribution >= 0.6 is 22.6 Å². The zero-order chi connectivity index (χ0) is 7.45. The fraction of sp³-hybridized carbons (Fsp3) is 1.00. The predicted molar refractivity (Wildman–Crippen MR) is 54.7 cm³/mol. The summed E-state index contributed by atoms with van der Waals surface area (Å²) in [7, 11) is 0. The average Bonchev–Trinajstić information content (AvgIpc) is 1.81. The Balaban J connectivity index is 2.30. The van der Waals surface area contributed by atoms with Gasteiger partial charge < -0.3 is 0 Å². The lowest BCUT2D eigenvalue weighted by Gasteiger charge is -2.24. The van der Waals surface area contributed by atoms with E-state index < -0.39 is 0 Å². The SMILES string of the molecule is CC1(I)CCCCCCC1. The minimum atomic E-state index is 0.623. The highest BCUT2D eigenvalue weighted by molar-refractivity contribution is 14.1. The van der Waals surface area contributed by atoms with E-state index in [9.17, 15) is 0 Å². The first-order valence-electron chi connectivity index (χ1n) is 4.40. The van der Waals surface area contributed by atoms with Crippen molar-refractivity contribution >= 4 is 22.6 Å². The Labute approximate surface area is 77.9 Å². The van der Waals surface area contributed by atoms with Crippen LogP contribution in [0.4, 0.5) is 0 Å². The molecule has 0 aromatic carbocycles. The van der Waals surface area contributed by atoms with Gasteiger partial charge in [-0.1, -0.05) is 61.6 Å². The smallest absolute Gasteiger partial charge is 0.0194 e. The minimum absolute atomic E-state index is 0.623. The molecule has 1 fully saturated rings. The highest BCUT2D eigenvalue weighted by Crippen LogP contribution is 2.33. The molecule has 0 spiro atoms. The number of alkyl halides is 1. The van der Waals surface area contributed by atoms with Crippen molar-refractivity contribution in [2.45, 2.75) is 55.3 Å². The molecule has 0 aromatic rings. The molecule has 0 N–H and O–H groups in total. The Morgan fingerprint density at radius 3 is 1.80 bits per heavy atom. The molecular formula is C9H17I. The van der Waals surface area contributed by atoms with Gasteiger partial charge in [0.1, 0.15) is 0 Å². The summed E-state index contributed by atoms with van der Waals surface area (Å²) >= 11 is 2.63. The van der Waals surface area contributed by atoms with E-state index in [0.717, 1.165) is 0 Å². The molecule has 0 bridgehead atoms. The Hall–Kier alpha value is 0.730. The lowest BCUT2D eigenvalue weighted by Crippen LogP contribution is -2.16. The normalized spacial score (nSPS) is 27.0. The van der Waals surface area contributed by atoms with E-state index in [2.05, 4.69) is 29.5 Å². The molecule has 10 heavy (non-hydrogen) atoms. The molecule has 1 aliphatic rings. The zero-order valence-electron chi connectivity index (χ0n) is 6.83. The Bertz CT molecular complexity index is 86.9. The van der Waals surface area contributed by atoms with Gasteiger partial charge in [0.15, 0.2) is 0 Å². The van der Waals surface area contributed by atoms with Crippen LogP contribution in [-0.2, 0) is 0 Å². The van der Waals surface area contributed by atoms with Crippen molar-refractivity contribution in [3.05, 3.63) is 0 Å². The lowest BCUT2D eigenvalue weighted by atomic mass is 9.93. The molecular weight excluding hydrogens is 235 g/mol. The number of hydrogen-bond acceptors (Lipinski definition) is 0. The van der Waals surface area contributed by atoms with E-state index in [1.54, 1.807) is 0 Å². The monoisotopic (exact) mass is 252 g/mol. The standard InChI is InChI=1S/C9H17I/c1-9(10)7-5-3-2-4-6-8-9/h2-8H2,1H3. The van der Waals surface area contributed by atoms with Crippen LogP contribution in [0, 0.1) is 0 Å². The molecule has 0 saturated heterocycles. The molecule has 0 unspecified atom stereocenters.